The summed E-state index contributed by atoms with van der Waals surface area (Å²) in [7, 11) is 0. The van der Waals surface area contributed by atoms with Gasteiger partial charge in [-0.25, -0.2) is 9.97 Å². The van der Waals surface area contributed by atoms with Gasteiger partial charge in [0.1, 0.15) is 18.5 Å². The first kappa shape index (κ1) is 31.6. The van der Waals surface area contributed by atoms with E-state index >= 15 is 0 Å². The fraction of sp³-hybridized carbons (Fsp3) is 0.441. The summed E-state index contributed by atoms with van der Waals surface area (Å²) in [5, 5.41) is 18.5. The molecular formula is C34H35ClN8O6. The van der Waals surface area contributed by atoms with Crippen molar-refractivity contribution in [3.8, 4) is 5.75 Å². The van der Waals surface area contributed by atoms with Crippen LogP contribution in [0.3, 0.4) is 0 Å². The van der Waals surface area contributed by atoms with Gasteiger partial charge in [-0.1, -0.05) is 23.7 Å². The van der Waals surface area contributed by atoms with Gasteiger partial charge in [-0.05, 0) is 68.2 Å². The van der Waals surface area contributed by atoms with Crippen molar-refractivity contribution in [2.75, 3.05) is 38.2 Å². The van der Waals surface area contributed by atoms with E-state index in [-0.39, 0.29) is 48.3 Å². The maximum atomic E-state index is 14.4. The van der Waals surface area contributed by atoms with E-state index in [1.807, 2.05) is 24.3 Å². The van der Waals surface area contributed by atoms with Crippen LogP contribution in [0.2, 0.25) is 5.02 Å². The van der Waals surface area contributed by atoms with E-state index in [9.17, 15) is 19.5 Å². The Morgan fingerprint density at radius 2 is 1.96 bits per heavy atom. The Balaban J connectivity index is 1.15. The van der Waals surface area contributed by atoms with Crippen molar-refractivity contribution in [1.29, 1.82) is 0 Å². The second-order valence-corrected chi connectivity index (χ2v) is 13.4. The van der Waals surface area contributed by atoms with Crippen LogP contribution in [0.25, 0.3) is 11.4 Å². The Bertz CT molecular complexity index is 2100. The predicted octanol–water partition coefficient (Wildman–Crippen LogP) is 3.37. The number of nitrogens with zero attached hydrogens (tertiary/aromatic N) is 7. The van der Waals surface area contributed by atoms with E-state index in [4.69, 9.17) is 26.1 Å². The highest BCUT2D eigenvalue weighted by atomic mass is 35.5. The zero-order valence-electron chi connectivity index (χ0n) is 26.9. The first-order chi connectivity index (χ1) is 23.7. The average Bonchev–Trinajstić information content (AvgIpc) is 3.86. The summed E-state index contributed by atoms with van der Waals surface area (Å²) < 4.78 is 14.9. The van der Waals surface area contributed by atoms with E-state index in [1.165, 1.54) is 16.4 Å². The maximum absolute atomic E-state index is 14.4. The van der Waals surface area contributed by atoms with Gasteiger partial charge in [-0.15, -0.1) is 5.10 Å². The lowest BCUT2D eigenvalue weighted by Gasteiger charge is -2.44. The number of benzene rings is 1. The summed E-state index contributed by atoms with van der Waals surface area (Å²) in [6.07, 6.45) is 7.04. The molecule has 3 aliphatic heterocycles. The molecule has 1 spiro atoms. The summed E-state index contributed by atoms with van der Waals surface area (Å²) in [6.45, 7) is 3.22. The fourth-order valence-corrected chi connectivity index (χ4v) is 7.38. The monoisotopic (exact) mass is 686 g/mol. The maximum Gasteiger partial charge on any atom is 0.282 e. The number of aryl methyl sites for hydroxylation is 1. The summed E-state index contributed by atoms with van der Waals surface area (Å²) >= 11 is 6.58. The first-order valence-electron chi connectivity index (χ1n) is 16.6. The summed E-state index contributed by atoms with van der Waals surface area (Å²) in [5.74, 6) is 0.191. The van der Waals surface area contributed by atoms with Gasteiger partial charge in [0.2, 0.25) is 11.7 Å². The Morgan fingerprint density at radius 1 is 1.14 bits per heavy atom. The van der Waals surface area contributed by atoms with E-state index in [0.29, 0.717) is 84.9 Å². The number of halogens is 1. The topological polar surface area (TPSA) is 166 Å². The van der Waals surface area contributed by atoms with Gasteiger partial charge in [0.25, 0.3) is 11.5 Å². The molecule has 49 heavy (non-hydrogen) atoms. The van der Waals surface area contributed by atoms with Crippen molar-refractivity contribution in [2.45, 2.75) is 63.5 Å². The number of likely N-dealkylation sites (tertiary alicyclic amines) is 1. The van der Waals surface area contributed by atoms with Crippen LogP contribution >= 0.6 is 11.6 Å². The van der Waals surface area contributed by atoms with Crippen molar-refractivity contribution < 1.29 is 24.2 Å². The SMILES string of the molecule is Cc1ncnc(C(=O)N2CCC3(CC2)OCCc2c3c(=O)n3nc(C4=CCOCC4)nc3n2CC(=O)Nc2ccc(C3CC3)cc2Cl)c1O. The van der Waals surface area contributed by atoms with Gasteiger partial charge in [-0.3, -0.25) is 14.4 Å². The van der Waals surface area contributed by atoms with E-state index in [1.54, 1.807) is 16.4 Å². The van der Waals surface area contributed by atoms with Gasteiger partial charge in [0.05, 0.1) is 41.8 Å². The zero-order valence-corrected chi connectivity index (χ0v) is 27.7. The number of hydrogen-bond donors (Lipinski definition) is 2. The van der Waals surface area contributed by atoms with Crippen molar-refractivity contribution in [1.82, 2.24) is 34.0 Å². The number of piperidine rings is 1. The number of anilines is 1. The molecule has 3 aromatic heterocycles. The van der Waals surface area contributed by atoms with Gasteiger partial charge < -0.3 is 29.4 Å². The molecule has 14 nitrogen and oxygen atoms in total. The molecule has 6 heterocycles. The number of hydrogen-bond acceptors (Lipinski definition) is 10. The summed E-state index contributed by atoms with van der Waals surface area (Å²) in [4.78, 5) is 55.8. The number of nitrogens with one attached hydrogen (secondary N) is 1. The molecule has 2 amide bonds. The number of aromatic hydroxyl groups is 1. The highest BCUT2D eigenvalue weighted by Crippen LogP contribution is 2.42. The number of aromatic nitrogens is 6. The molecule has 15 heteroatoms. The van der Waals surface area contributed by atoms with Crippen LogP contribution in [0.15, 0.2) is 35.4 Å². The third kappa shape index (κ3) is 5.67. The van der Waals surface area contributed by atoms with E-state index in [2.05, 4.69) is 20.4 Å². The number of carbonyl (C=O) groups is 2. The molecule has 2 fully saturated rings. The number of rotatable bonds is 6. The van der Waals surface area contributed by atoms with Gasteiger partial charge >= 0.3 is 0 Å². The first-order valence-corrected chi connectivity index (χ1v) is 16.9. The number of ether oxygens (including phenoxy) is 2. The lowest BCUT2D eigenvalue weighted by Crippen LogP contribution is -2.52. The van der Waals surface area contributed by atoms with E-state index < -0.39 is 11.5 Å². The Labute approximate surface area is 285 Å². The molecule has 4 aromatic rings. The largest absolute Gasteiger partial charge is 0.504 e. The van der Waals surface area contributed by atoms with Crippen LogP contribution in [0.1, 0.15) is 76.8 Å². The highest BCUT2D eigenvalue weighted by Gasteiger charge is 2.46. The highest BCUT2D eigenvalue weighted by molar-refractivity contribution is 6.33. The Morgan fingerprint density at radius 3 is 2.69 bits per heavy atom. The molecule has 4 aliphatic rings. The summed E-state index contributed by atoms with van der Waals surface area (Å²) in [5.41, 5.74) is 2.47. The fourth-order valence-electron chi connectivity index (χ4n) is 7.14. The molecule has 0 radical (unpaired) electrons. The van der Waals surface area contributed by atoms with Gasteiger partial charge in [0, 0.05) is 25.2 Å². The van der Waals surface area contributed by atoms with Crippen LogP contribution in [0.5, 0.6) is 5.75 Å². The lowest BCUT2D eigenvalue weighted by molar-refractivity contribution is -0.117. The number of carbonyl (C=O) groups excluding carboxylic acids is 2. The van der Waals surface area contributed by atoms with E-state index in [0.717, 1.165) is 18.4 Å². The summed E-state index contributed by atoms with van der Waals surface area (Å²) in [6, 6.07) is 5.74. The molecule has 1 aliphatic carbocycles. The van der Waals surface area contributed by atoms with Crippen molar-refractivity contribution in [3.05, 3.63) is 80.0 Å². The number of amides is 2. The zero-order chi connectivity index (χ0) is 33.9. The molecule has 0 atom stereocenters. The molecule has 8 rings (SSSR count). The van der Waals surface area contributed by atoms with Crippen LogP contribution in [-0.4, -0.2) is 83.9 Å². The van der Waals surface area contributed by atoms with Gasteiger partial charge in [0.15, 0.2) is 17.3 Å². The van der Waals surface area contributed by atoms with Gasteiger partial charge in [-0.2, -0.15) is 9.50 Å². The normalized spacial score (nSPS) is 18.7. The third-order valence-corrected chi connectivity index (χ3v) is 10.3. The Kier molecular flexibility index (Phi) is 7.96. The molecule has 0 bridgehead atoms. The average molecular weight is 687 g/mol. The predicted molar refractivity (Wildman–Crippen MR) is 178 cm³/mol. The van der Waals surface area contributed by atoms with Crippen LogP contribution in [-0.2, 0) is 32.8 Å². The molecule has 1 saturated heterocycles. The van der Waals surface area contributed by atoms with Crippen molar-refractivity contribution >= 4 is 40.5 Å². The smallest absolute Gasteiger partial charge is 0.282 e. The quantitative estimate of drug-likeness (QED) is 0.307. The minimum atomic E-state index is -1.02. The molecular weight excluding hydrogens is 652 g/mol. The number of fused-ring (bicyclic) bond motifs is 3. The van der Waals surface area contributed by atoms with Crippen molar-refractivity contribution in [3.63, 3.8) is 0 Å². The Hall–Kier alpha value is -4.66. The molecule has 1 saturated carbocycles. The van der Waals surface area contributed by atoms with Crippen LogP contribution < -0.4 is 10.9 Å². The molecule has 2 N–H and O–H groups in total. The minimum absolute atomic E-state index is 0.0664. The van der Waals surface area contributed by atoms with Crippen molar-refractivity contribution in [2.24, 2.45) is 0 Å². The molecule has 0 unspecified atom stereocenters. The standard InChI is InChI=1S/C34H35ClN8O6/c1-19-29(45)28(37-18-36-19)32(47)41-11-9-34(10-12-41)27-25(8-15-49-34)42(17-26(44)38-24-5-4-22(16-23(24)35)20-2-3-20)33-39-30(40-43(33)31(27)46)21-6-13-48-14-7-21/h4-6,16,18,20,45H,2-3,7-15,17H2,1H3,(H,38,44). The second-order valence-electron chi connectivity index (χ2n) is 13.0. The minimum Gasteiger partial charge on any atom is -0.504 e. The van der Waals surface area contributed by atoms with Crippen LogP contribution in [0.4, 0.5) is 5.69 Å². The van der Waals surface area contributed by atoms with Crippen LogP contribution in [0, 0.1) is 6.92 Å². The second kappa shape index (κ2) is 12.3. The molecule has 1 aromatic carbocycles. The lowest BCUT2D eigenvalue weighted by atomic mass is 9.81. The molecule has 254 valence electrons. The third-order valence-electron chi connectivity index (χ3n) is 9.96.